The van der Waals surface area contributed by atoms with E-state index >= 15 is 0 Å². The summed E-state index contributed by atoms with van der Waals surface area (Å²) in [6.45, 7) is 1.58. The maximum atomic E-state index is 11.8. The summed E-state index contributed by atoms with van der Waals surface area (Å²) in [4.78, 5) is 10.2. The Kier molecular flexibility index (Phi) is 4.50. The van der Waals surface area contributed by atoms with Crippen molar-refractivity contribution in [2.24, 2.45) is 0 Å². The van der Waals surface area contributed by atoms with Crippen LogP contribution in [-0.4, -0.2) is 26.0 Å². The Morgan fingerprint density at radius 3 is 2.71 bits per heavy atom. The Hall–Kier alpha value is -1.11. The summed E-state index contributed by atoms with van der Waals surface area (Å²) in [5, 5.41) is 8.53. The van der Waals surface area contributed by atoms with Crippen LogP contribution < -0.4 is 4.72 Å². The van der Waals surface area contributed by atoms with Gasteiger partial charge in [0, 0.05) is 6.54 Å². The van der Waals surface area contributed by atoms with Crippen LogP contribution >= 0.6 is 11.6 Å². The molecule has 0 unspecified atom stereocenters. The molecule has 1 rings (SSSR count). The molecule has 0 radical (unpaired) electrons. The first kappa shape index (κ1) is 14.0. The Morgan fingerprint density at radius 1 is 1.47 bits per heavy atom. The van der Waals surface area contributed by atoms with Crippen LogP contribution in [0.4, 0.5) is 0 Å². The SMILES string of the molecule is Cc1ccc(Cl)c(S(=O)(=O)NCCC(=O)O)c1. The van der Waals surface area contributed by atoms with Gasteiger partial charge in [0.15, 0.2) is 0 Å². The zero-order valence-corrected chi connectivity index (χ0v) is 10.7. The summed E-state index contributed by atoms with van der Waals surface area (Å²) in [5.41, 5.74) is 0.757. The molecule has 17 heavy (non-hydrogen) atoms. The summed E-state index contributed by atoms with van der Waals surface area (Å²) >= 11 is 5.79. The second kappa shape index (κ2) is 5.48. The van der Waals surface area contributed by atoms with E-state index in [-0.39, 0.29) is 22.9 Å². The van der Waals surface area contributed by atoms with Crippen LogP contribution in [-0.2, 0) is 14.8 Å². The van der Waals surface area contributed by atoms with Gasteiger partial charge in [0.25, 0.3) is 0 Å². The number of hydrogen-bond donors (Lipinski definition) is 2. The van der Waals surface area contributed by atoms with Gasteiger partial charge in [0.1, 0.15) is 4.90 Å². The van der Waals surface area contributed by atoms with Gasteiger partial charge in [-0.3, -0.25) is 4.79 Å². The average Bonchev–Trinajstić information content (AvgIpc) is 2.20. The average molecular weight is 278 g/mol. The topological polar surface area (TPSA) is 83.5 Å². The maximum Gasteiger partial charge on any atom is 0.304 e. The highest BCUT2D eigenvalue weighted by Crippen LogP contribution is 2.22. The Balaban J connectivity index is 2.89. The van der Waals surface area contributed by atoms with E-state index in [1.165, 1.54) is 12.1 Å². The lowest BCUT2D eigenvalue weighted by molar-refractivity contribution is -0.136. The molecule has 0 aliphatic carbocycles. The number of carboxylic acids is 1. The lowest BCUT2D eigenvalue weighted by Crippen LogP contribution is -2.26. The molecule has 0 aliphatic rings. The summed E-state index contributed by atoms with van der Waals surface area (Å²) in [7, 11) is -3.75. The van der Waals surface area contributed by atoms with Crippen molar-refractivity contribution >= 4 is 27.6 Å². The number of rotatable bonds is 5. The Bertz CT molecular complexity index is 527. The number of hydrogen-bond acceptors (Lipinski definition) is 3. The molecule has 1 aromatic rings. The van der Waals surface area contributed by atoms with Gasteiger partial charge in [0.05, 0.1) is 11.4 Å². The van der Waals surface area contributed by atoms with Crippen molar-refractivity contribution in [2.75, 3.05) is 6.54 Å². The fourth-order valence-corrected chi connectivity index (χ4v) is 2.80. The molecule has 5 nitrogen and oxygen atoms in total. The number of halogens is 1. The van der Waals surface area contributed by atoms with E-state index in [0.29, 0.717) is 0 Å². The lowest BCUT2D eigenvalue weighted by atomic mass is 10.2. The molecular weight excluding hydrogens is 266 g/mol. The first-order chi connectivity index (χ1) is 7.83. The highest BCUT2D eigenvalue weighted by molar-refractivity contribution is 7.89. The minimum Gasteiger partial charge on any atom is -0.481 e. The van der Waals surface area contributed by atoms with Crippen LogP contribution in [0.5, 0.6) is 0 Å². The molecule has 1 aromatic carbocycles. The molecule has 7 heteroatoms. The normalized spacial score (nSPS) is 11.4. The van der Waals surface area contributed by atoms with Gasteiger partial charge in [0.2, 0.25) is 10.0 Å². The van der Waals surface area contributed by atoms with Crippen LogP contribution in [0, 0.1) is 6.92 Å². The molecule has 94 valence electrons. The maximum absolute atomic E-state index is 11.8. The van der Waals surface area contributed by atoms with Crippen molar-refractivity contribution in [3.63, 3.8) is 0 Å². The molecule has 0 atom stereocenters. The summed E-state index contributed by atoms with van der Waals surface area (Å²) in [6.07, 6.45) is -0.275. The minimum absolute atomic E-state index is 0.0374. The van der Waals surface area contributed by atoms with Gasteiger partial charge in [-0.05, 0) is 24.6 Å². The largest absolute Gasteiger partial charge is 0.481 e. The van der Waals surface area contributed by atoms with Crippen molar-refractivity contribution in [1.29, 1.82) is 0 Å². The fraction of sp³-hybridized carbons (Fsp3) is 0.300. The molecule has 0 aromatic heterocycles. The smallest absolute Gasteiger partial charge is 0.304 e. The number of sulfonamides is 1. The number of aliphatic carboxylic acids is 1. The van der Waals surface area contributed by atoms with Gasteiger partial charge >= 0.3 is 5.97 Å². The molecular formula is C10H12ClNO4S. The van der Waals surface area contributed by atoms with Crippen LogP contribution in [0.3, 0.4) is 0 Å². The van der Waals surface area contributed by atoms with E-state index in [2.05, 4.69) is 4.72 Å². The van der Waals surface area contributed by atoms with Gasteiger partial charge in [-0.15, -0.1) is 0 Å². The third-order valence-electron chi connectivity index (χ3n) is 2.01. The third kappa shape index (κ3) is 3.99. The fourth-order valence-electron chi connectivity index (χ4n) is 1.19. The lowest BCUT2D eigenvalue weighted by Gasteiger charge is -2.08. The Labute approximate surface area is 104 Å². The highest BCUT2D eigenvalue weighted by Gasteiger charge is 2.17. The number of aryl methyl sites for hydroxylation is 1. The van der Waals surface area contributed by atoms with Gasteiger partial charge < -0.3 is 5.11 Å². The molecule has 0 heterocycles. The van der Waals surface area contributed by atoms with Crippen molar-refractivity contribution in [1.82, 2.24) is 4.72 Å². The van der Waals surface area contributed by atoms with E-state index in [4.69, 9.17) is 16.7 Å². The second-order valence-corrected chi connectivity index (χ2v) is 5.62. The molecule has 0 saturated carbocycles. The highest BCUT2D eigenvalue weighted by atomic mass is 35.5. The predicted octanol–water partition coefficient (Wildman–Crippen LogP) is 1.40. The zero-order valence-electron chi connectivity index (χ0n) is 9.10. The summed E-state index contributed by atoms with van der Waals surface area (Å²) in [6, 6.07) is 4.62. The molecule has 0 amide bonds. The third-order valence-corrected chi connectivity index (χ3v) is 3.95. The molecule has 0 spiro atoms. The standard InChI is InChI=1S/C10H12ClNO4S/c1-7-2-3-8(11)9(6-7)17(15,16)12-5-4-10(13)14/h2-3,6,12H,4-5H2,1H3,(H,13,14). The van der Waals surface area contributed by atoms with Crippen LogP contribution in [0.15, 0.2) is 23.1 Å². The van der Waals surface area contributed by atoms with E-state index in [1.54, 1.807) is 13.0 Å². The van der Waals surface area contributed by atoms with Crippen molar-refractivity contribution in [2.45, 2.75) is 18.2 Å². The summed E-state index contributed by atoms with van der Waals surface area (Å²) in [5.74, 6) is -1.07. The van der Waals surface area contributed by atoms with Gasteiger partial charge in [-0.25, -0.2) is 13.1 Å². The van der Waals surface area contributed by atoms with Crippen LogP contribution in [0.1, 0.15) is 12.0 Å². The molecule has 0 saturated heterocycles. The van der Waals surface area contributed by atoms with Crippen molar-refractivity contribution < 1.29 is 18.3 Å². The van der Waals surface area contributed by atoms with Crippen LogP contribution in [0.25, 0.3) is 0 Å². The molecule has 2 N–H and O–H groups in total. The Morgan fingerprint density at radius 2 is 2.12 bits per heavy atom. The van der Waals surface area contributed by atoms with E-state index in [1.807, 2.05) is 0 Å². The number of benzene rings is 1. The molecule has 0 bridgehead atoms. The molecule has 0 fully saturated rings. The number of carboxylic acid groups (broad SMARTS) is 1. The predicted molar refractivity (Wildman–Crippen MR) is 63.6 cm³/mol. The van der Waals surface area contributed by atoms with E-state index in [9.17, 15) is 13.2 Å². The van der Waals surface area contributed by atoms with Crippen molar-refractivity contribution in [3.05, 3.63) is 28.8 Å². The van der Waals surface area contributed by atoms with Crippen molar-refractivity contribution in [3.8, 4) is 0 Å². The van der Waals surface area contributed by atoms with E-state index in [0.717, 1.165) is 5.56 Å². The summed E-state index contributed by atoms with van der Waals surface area (Å²) < 4.78 is 25.8. The van der Waals surface area contributed by atoms with E-state index < -0.39 is 16.0 Å². The first-order valence-corrected chi connectivity index (χ1v) is 6.66. The minimum atomic E-state index is -3.75. The van der Waals surface area contributed by atoms with Crippen LogP contribution in [0.2, 0.25) is 5.02 Å². The second-order valence-electron chi connectivity index (χ2n) is 3.48. The number of carbonyl (C=O) groups is 1. The first-order valence-electron chi connectivity index (χ1n) is 4.80. The quantitative estimate of drug-likeness (QED) is 0.852. The monoisotopic (exact) mass is 277 g/mol. The number of nitrogens with one attached hydrogen (secondary N) is 1. The van der Waals surface area contributed by atoms with Gasteiger partial charge in [-0.1, -0.05) is 17.7 Å². The zero-order chi connectivity index (χ0) is 13.1. The molecule has 0 aliphatic heterocycles. The van der Waals surface area contributed by atoms with Gasteiger partial charge in [-0.2, -0.15) is 0 Å².